The van der Waals surface area contributed by atoms with Gasteiger partial charge in [-0.3, -0.25) is 11.3 Å². The lowest BCUT2D eigenvalue weighted by Crippen LogP contribution is -2.43. The van der Waals surface area contributed by atoms with Gasteiger partial charge in [0.2, 0.25) is 0 Å². The van der Waals surface area contributed by atoms with Crippen molar-refractivity contribution in [2.45, 2.75) is 12.5 Å². The van der Waals surface area contributed by atoms with Gasteiger partial charge in [-0.2, -0.15) is 0 Å². The lowest BCUT2D eigenvalue weighted by Gasteiger charge is -2.20. The van der Waals surface area contributed by atoms with Gasteiger partial charge < -0.3 is 4.90 Å². The summed E-state index contributed by atoms with van der Waals surface area (Å²) in [7, 11) is 3.92. The Labute approximate surface area is 104 Å². The molecule has 0 fully saturated rings. The molecule has 1 aromatic carbocycles. The Balaban J connectivity index is 2.70. The number of halogens is 2. The number of rotatable bonds is 5. The van der Waals surface area contributed by atoms with E-state index in [9.17, 15) is 4.39 Å². The number of likely N-dealkylation sites (N-methyl/N-ethyl adjacent to an activating group) is 1. The summed E-state index contributed by atoms with van der Waals surface area (Å²) in [5, 5.41) is 0. The van der Waals surface area contributed by atoms with Gasteiger partial charge >= 0.3 is 0 Å². The van der Waals surface area contributed by atoms with Crippen molar-refractivity contribution in [1.29, 1.82) is 0 Å². The van der Waals surface area contributed by atoms with Crippen LogP contribution in [0.3, 0.4) is 0 Å². The lowest BCUT2D eigenvalue weighted by molar-refractivity contribution is 0.336. The molecule has 0 radical (unpaired) electrons. The Morgan fingerprint density at radius 3 is 2.69 bits per heavy atom. The molecule has 0 aromatic heterocycles. The van der Waals surface area contributed by atoms with E-state index in [0.717, 1.165) is 11.0 Å². The van der Waals surface area contributed by atoms with Crippen LogP contribution in [0.15, 0.2) is 22.7 Å². The van der Waals surface area contributed by atoms with Gasteiger partial charge in [0.25, 0.3) is 0 Å². The first-order chi connectivity index (χ1) is 7.52. The second kappa shape index (κ2) is 6.30. The summed E-state index contributed by atoms with van der Waals surface area (Å²) in [6.07, 6.45) is 0.577. The van der Waals surface area contributed by atoms with Crippen molar-refractivity contribution in [3.63, 3.8) is 0 Å². The summed E-state index contributed by atoms with van der Waals surface area (Å²) in [4.78, 5) is 2.02. The van der Waals surface area contributed by atoms with Crippen molar-refractivity contribution in [3.05, 3.63) is 34.1 Å². The van der Waals surface area contributed by atoms with E-state index in [2.05, 4.69) is 21.4 Å². The monoisotopic (exact) mass is 289 g/mol. The predicted octanol–water partition coefficient (Wildman–Crippen LogP) is 1.52. The molecule has 1 atom stereocenters. The summed E-state index contributed by atoms with van der Waals surface area (Å²) in [5.41, 5.74) is 3.38. The minimum atomic E-state index is -0.201. The first kappa shape index (κ1) is 13.6. The molecule has 90 valence electrons. The smallest absolute Gasteiger partial charge is 0.127 e. The van der Waals surface area contributed by atoms with Crippen molar-refractivity contribution in [3.8, 4) is 0 Å². The highest BCUT2D eigenvalue weighted by atomic mass is 79.9. The number of nitrogens with zero attached hydrogens (tertiary/aromatic N) is 1. The first-order valence-electron chi connectivity index (χ1n) is 5.07. The summed E-state index contributed by atoms with van der Waals surface area (Å²) in [5.74, 6) is 5.24. The van der Waals surface area contributed by atoms with Crippen LogP contribution in [0.5, 0.6) is 0 Å². The van der Waals surface area contributed by atoms with Crippen LogP contribution in [0.25, 0.3) is 0 Å². The fraction of sp³-hybridized carbons (Fsp3) is 0.455. The minimum absolute atomic E-state index is 0.0469. The molecule has 0 spiro atoms. The number of hydrogen-bond acceptors (Lipinski definition) is 3. The van der Waals surface area contributed by atoms with E-state index in [-0.39, 0.29) is 11.9 Å². The molecule has 0 saturated heterocycles. The number of benzene rings is 1. The molecule has 1 rings (SSSR count). The number of hydrogen-bond donors (Lipinski definition) is 2. The van der Waals surface area contributed by atoms with Crippen LogP contribution in [-0.4, -0.2) is 31.6 Å². The Morgan fingerprint density at radius 2 is 2.19 bits per heavy atom. The number of hydrazine groups is 1. The van der Waals surface area contributed by atoms with Gasteiger partial charge in [-0.05, 0) is 38.2 Å². The lowest BCUT2D eigenvalue weighted by atomic mass is 10.1. The van der Waals surface area contributed by atoms with Gasteiger partial charge in [-0.1, -0.05) is 22.0 Å². The van der Waals surface area contributed by atoms with Gasteiger partial charge in [-0.15, -0.1) is 0 Å². The zero-order chi connectivity index (χ0) is 12.1. The van der Waals surface area contributed by atoms with Crippen LogP contribution in [0.2, 0.25) is 0 Å². The second-order valence-corrected chi connectivity index (χ2v) is 4.98. The molecule has 1 unspecified atom stereocenters. The quantitative estimate of drug-likeness (QED) is 0.638. The van der Waals surface area contributed by atoms with E-state index < -0.39 is 0 Å². The van der Waals surface area contributed by atoms with Crippen LogP contribution < -0.4 is 11.3 Å². The standard InChI is InChI=1S/C11H17BrFN3/c1-16(2)7-10(15-14)5-8-3-4-9(12)6-11(8)13/h3-4,6,10,15H,5,7,14H2,1-2H3. The third-order valence-electron chi connectivity index (χ3n) is 2.30. The Morgan fingerprint density at radius 1 is 1.50 bits per heavy atom. The molecule has 1 aromatic rings. The highest BCUT2D eigenvalue weighted by Gasteiger charge is 2.12. The van der Waals surface area contributed by atoms with Crippen molar-refractivity contribution in [2.24, 2.45) is 5.84 Å². The summed E-state index contributed by atoms with van der Waals surface area (Å²) in [6, 6.07) is 5.13. The normalized spacial score (nSPS) is 13.1. The molecule has 3 N–H and O–H groups in total. The van der Waals surface area contributed by atoms with Crippen LogP contribution in [0.4, 0.5) is 4.39 Å². The second-order valence-electron chi connectivity index (χ2n) is 4.07. The Hall–Kier alpha value is -0.490. The zero-order valence-corrected chi connectivity index (χ0v) is 11.1. The van der Waals surface area contributed by atoms with Crippen LogP contribution in [0.1, 0.15) is 5.56 Å². The number of nitrogens with two attached hydrogens (primary N) is 1. The molecule has 3 nitrogen and oxygen atoms in total. The third kappa shape index (κ3) is 4.17. The van der Waals surface area contributed by atoms with E-state index in [4.69, 9.17) is 5.84 Å². The molecule has 0 aliphatic heterocycles. The number of nitrogens with one attached hydrogen (secondary N) is 1. The third-order valence-corrected chi connectivity index (χ3v) is 2.80. The molecule has 0 bridgehead atoms. The van der Waals surface area contributed by atoms with E-state index >= 15 is 0 Å². The topological polar surface area (TPSA) is 41.3 Å². The van der Waals surface area contributed by atoms with Gasteiger partial charge in [0, 0.05) is 17.1 Å². The molecule has 0 saturated carbocycles. The summed E-state index contributed by atoms with van der Waals surface area (Å²) < 4.78 is 14.3. The van der Waals surface area contributed by atoms with E-state index in [0.29, 0.717) is 12.0 Å². The van der Waals surface area contributed by atoms with E-state index in [1.54, 1.807) is 6.07 Å². The fourth-order valence-corrected chi connectivity index (χ4v) is 1.90. The molecule has 0 aliphatic carbocycles. The molecule has 0 heterocycles. The predicted molar refractivity (Wildman–Crippen MR) is 67.5 cm³/mol. The van der Waals surface area contributed by atoms with Crippen molar-refractivity contribution in [1.82, 2.24) is 10.3 Å². The van der Waals surface area contributed by atoms with Gasteiger partial charge in [-0.25, -0.2) is 4.39 Å². The highest BCUT2D eigenvalue weighted by Crippen LogP contribution is 2.16. The fourth-order valence-electron chi connectivity index (χ4n) is 1.57. The Bertz CT molecular complexity index is 344. The van der Waals surface area contributed by atoms with Gasteiger partial charge in [0.05, 0.1) is 0 Å². The zero-order valence-electron chi connectivity index (χ0n) is 9.50. The molecule has 0 amide bonds. The summed E-state index contributed by atoms with van der Waals surface area (Å²) in [6.45, 7) is 0.770. The average Bonchev–Trinajstić information content (AvgIpc) is 2.20. The summed E-state index contributed by atoms with van der Waals surface area (Å²) >= 11 is 3.23. The van der Waals surface area contributed by atoms with E-state index in [1.807, 2.05) is 25.1 Å². The van der Waals surface area contributed by atoms with Crippen molar-refractivity contribution < 1.29 is 4.39 Å². The SMILES string of the molecule is CN(C)CC(Cc1ccc(Br)cc1F)NN. The minimum Gasteiger partial charge on any atom is -0.308 e. The van der Waals surface area contributed by atoms with Crippen LogP contribution >= 0.6 is 15.9 Å². The highest BCUT2D eigenvalue weighted by molar-refractivity contribution is 9.10. The van der Waals surface area contributed by atoms with Crippen LogP contribution in [-0.2, 0) is 6.42 Å². The maximum atomic E-state index is 13.6. The Kier molecular flexibility index (Phi) is 5.34. The van der Waals surface area contributed by atoms with Crippen molar-refractivity contribution >= 4 is 15.9 Å². The van der Waals surface area contributed by atoms with Crippen molar-refractivity contribution in [2.75, 3.05) is 20.6 Å². The van der Waals surface area contributed by atoms with Gasteiger partial charge in [0.15, 0.2) is 0 Å². The molecular weight excluding hydrogens is 273 g/mol. The average molecular weight is 290 g/mol. The van der Waals surface area contributed by atoms with Crippen LogP contribution in [0, 0.1) is 5.82 Å². The molecule has 5 heteroatoms. The molecule has 0 aliphatic rings. The maximum Gasteiger partial charge on any atom is 0.127 e. The molecule has 16 heavy (non-hydrogen) atoms. The molecular formula is C11H17BrFN3. The van der Waals surface area contributed by atoms with Gasteiger partial charge in [0.1, 0.15) is 5.82 Å². The van der Waals surface area contributed by atoms with E-state index in [1.165, 1.54) is 6.07 Å². The maximum absolute atomic E-state index is 13.6. The largest absolute Gasteiger partial charge is 0.308 e. The first-order valence-corrected chi connectivity index (χ1v) is 5.87.